The fourth-order valence-corrected chi connectivity index (χ4v) is 1.76. The van der Waals surface area contributed by atoms with Crippen LogP contribution in [0, 0.1) is 0 Å². The van der Waals surface area contributed by atoms with Crippen molar-refractivity contribution in [3.63, 3.8) is 0 Å². The summed E-state index contributed by atoms with van der Waals surface area (Å²) in [5, 5.41) is 3.17. The number of primary amides is 1. The average Bonchev–Trinajstić information content (AvgIpc) is 3.05. The number of hydrogen-bond donors (Lipinski definition) is 2. The van der Waals surface area contributed by atoms with Crippen molar-refractivity contribution in [1.29, 1.82) is 0 Å². The number of amides is 1. The number of hydrogen-bond acceptors (Lipinski definition) is 3. The lowest BCUT2D eigenvalue weighted by Crippen LogP contribution is -2.54. The summed E-state index contributed by atoms with van der Waals surface area (Å²) in [5.74, 6) is -0.435. The van der Waals surface area contributed by atoms with E-state index in [4.69, 9.17) is 10.5 Å². The van der Waals surface area contributed by atoms with Crippen LogP contribution in [0.15, 0.2) is 0 Å². The van der Waals surface area contributed by atoms with Crippen LogP contribution in [0.4, 0.5) is 13.2 Å². The molecule has 1 aliphatic rings. The van der Waals surface area contributed by atoms with E-state index < -0.39 is 24.0 Å². The van der Waals surface area contributed by atoms with Gasteiger partial charge in [-0.15, -0.1) is 0 Å². The molecule has 1 fully saturated rings. The molecule has 0 aromatic heterocycles. The van der Waals surface area contributed by atoms with Gasteiger partial charge in [-0.25, -0.2) is 0 Å². The van der Waals surface area contributed by atoms with E-state index in [-0.39, 0.29) is 13.2 Å². The molecule has 1 atom stereocenters. The molecule has 0 aromatic carbocycles. The standard InChI is InChI=1S/C12H21F3N2O2/c1-11(10(16)18,17-9-3-4-9)5-2-7-19-8-6-12(13,14)15/h9,17H,2-8H2,1H3,(H2,16,18). The highest BCUT2D eigenvalue weighted by Gasteiger charge is 2.36. The van der Waals surface area contributed by atoms with E-state index in [2.05, 4.69) is 5.32 Å². The Morgan fingerprint density at radius 2 is 1.95 bits per heavy atom. The first-order valence-electron chi connectivity index (χ1n) is 6.45. The van der Waals surface area contributed by atoms with Crippen molar-refractivity contribution in [2.24, 2.45) is 5.73 Å². The summed E-state index contributed by atoms with van der Waals surface area (Å²) >= 11 is 0. The molecule has 1 unspecified atom stereocenters. The van der Waals surface area contributed by atoms with E-state index in [1.807, 2.05) is 0 Å². The minimum absolute atomic E-state index is 0.200. The molecule has 0 spiro atoms. The van der Waals surface area contributed by atoms with Crippen LogP contribution >= 0.6 is 0 Å². The summed E-state index contributed by atoms with van der Waals surface area (Å²) in [6.45, 7) is 1.58. The van der Waals surface area contributed by atoms with E-state index in [0.717, 1.165) is 12.8 Å². The number of halogens is 3. The van der Waals surface area contributed by atoms with Gasteiger partial charge in [0.25, 0.3) is 0 Å². The van der Waals surface area contributed by atoms with E-state index >= 15 is 0 Å². The Morgan fingerprint density at radius 1 is 1.32 bits per heavy atom. The van der Waals surface area contributed by atoms with Crippen LogP contribution in [-0.4, -0.2) is 36.9 Å². The zero-order chi connectivity index (χ0) is 14.5. The van der Waals surface area contributed by atoms with Gasteiger partial charge < -0.3 is 15.8 Å². The Morgan fingerprint density at radius 3 is 2.42 bits per heavy atom. The van der Waals surface area contributed by atoms with Crippen molar-refractivity contribution < 1.29 is 22.7 Å². The molecular formula is C12H21F3N2O2. The zero-order valence-electron chi connectivity index (χ0n) is 11.1. The van der Waals surface area contributed by atoms with Crippen LogP contribution < -0.4 is 11.1 Å². The maximum Gasteiger partial charge on any atom is 0.391 e. The number of nitrogens with one attached hydrogen (secondary N) is 1. The fraction of sp³-hybridized carbons (Fsp3) is 0.917. The zero-order valence-corrected chi connectivity index (χ0v) is 11.1. The molecule has 3 N–H and O–H groups in total. The third-order valence-electron chi connectivity index (χ3n) is 3.14. The Balaban J connectivity index is 2.16. The van der Waals surface area contributed by atoms with Crippen molar-refractivity contribution in [3.05, 3.63) is 0 Å². The number of rotatable bonds is 9. The fourth-order valence-electron chi connectivity index (χ4n) is 1.76. The second-order valence-corrected chi connectivity index (χ2v) is 5.20. The summed E-state index contributed by atoms with van der Waals surface area (Å²) in [7, 11) is 0. The second-order valence-electron chi connectivity index (χ2n) is 5.20. The number of alkyl halides is 3. The van der Waals surface area contributed by atoms with Crippen molar-refractivity contribution in [1.82, 2.24) is 5.32 Å². The maximum absolute atomic E-state index is 11.9. The van der Waals surface area contributed by atoms with Gasteiger partial charge in [-0.1, -0.05) is 0 Å². The summed E-state index contributed by atoms with van der Waals surface area (Å²) in [5.41, 5.74) is 4.56. The van der Waals surface area contributed by atoms with Crippen molar-refractivity contribution in [3.8, 4) is 0 Å². The van der Waals surface area contributed by atoms with Crippen molar-refractivity contribution in [2.75, 3.05) is 13.2 Å². The largest absolute Gasteiger partial charge is 0.391 e. The van der Waals surface area contributed by atoms with Gasteiger partial charge in [-0.05, 0) is 32.6 Å². The Kier molecular flexibility index (Phi) is 5.61. The molecule has 0 bridgehead atoms. The minimum Gasteiger partial charge on any atom is -0.381 e. The second kappa shape index (κ2) is 6.56. The lowest BCUT2D eigenvalue weighted by atomic mass is 9.95. The molecule has 1 rings (SSSR count). The van der Waals surface area contributed by atoms with Crippen LogP contribution in [0.3, 0.4) is 0 Å². The predicted octanol–water partition coefficient (Wildman–Crippen LogP) is 1.73. The molecule has 7 heteroatoms. The summed E-state index contributed by atoms with van der Waals surface area (Å²) < 4.78 is 40.5. The van der Waals surface area contributed by atoms with Gasteiger partial charge in [0.15, 0.2) is 0 Å². The van der Waals surface area contributed by atoms with Crippen molar-refractivity contribution >= 4 is 5.91 Å². The molecular weight excluding hydrogens is 261 g/mol. The van der Waals surface area contributed by atoms with Gasteiger partial charge in [0.2, 0.25) is 5.91 Å². The molecule has 0 saturated heterocycles. The maximum atomic E-state index is 11.9. The van der Waals surface area contributed by atoms with Gasteiger partial charge >= 0.3 is 6.18 Å². The molecule has 0 radical (unpaired) electrons. The highest BCUT2D eigenvalue weighted by atomic mass is 19.4. The van der Waals surface area contributed by atoms with Crippen molar-refractivity contribution in [2.45, 2.75) is 56.8 Å². The molecule has 112 valence electrons. The average molecular weight is 282 g/mol. The smallest absolute Gasteiger partial charge is 0.381 e. The molecule has 1 saturated carbocycles. The molecule has 1 amide bonds. The molecule has 19 heavy (non-hydrogen) atoms. The number of nitrogens with two attached hydrogens (primary N) is 1. The summed E-state index contributed by atoms with van der Waals surface area (Å²) in [6, 6.07) is 0.337. The molecule has 1 aliphatic carbocycles. The first-order chi connectivity index (χ1) is 8.73. The first-order valence-corrected chi connectivity index (χ1v) is 6.45. The van der Waals surface area contributed by atoms with Gasteiger partial charge in [0.1, 0.15) is 0 Å². The van der Waals surface area contributed by atoms with E-state index in [1.54, 1.807) is 6.92 Å². The van der Waals surface area contributed by atoms with Crippen LogP contribution in [-0.2, 0) is 9.53 Å². The Hall–Kier alpha value is -0.820. The molecule has 4 nitrogen and oxygen atoms in total. The predicted molar refractivity (Wildman–Crippen MR) is 64.5 cm³/mol. The highest BCUT2D eigenvalue weighted by molar-refractivity contribution is 5.84. The van der Waals surface area contributed by atoms with Gasteiger partial charge in [0.05, 0.1) is 18.6 Å². The van der Waals surface area contributed by atoms with Crippen LogP contribution in [0.1, 0.15) is 39.0 Å². The van der Waals surface area contributed by atoms with Gasteiger partial charge in [-0.2, -0.15) is 13.2 Å². The highest BCUT2D eigenvalue weighted by Crippen LogP contribution is 2.24. The number of carbonyl (C=O) groups excluding carboxylic acids is 1. The van der Waals surface area contributed by atoms with Gasteiger partial charge in [0, 0.05) is 12.6 Å². The Bertz CT molecular complexity index is 306. The number of carbonyl (C=O) groups is 1. The number of ether oxygens (including phenoxy) is 1. The Labute approximate surface area is 110 Å². The van der Waals surface area contributed by atoms with E-state index in [0.29, 0.717) is 18.9 Å². The summed E-state index contributed by atoms with van der Waals surface area (Å²) in [4.78, 5) is 11.4. The topological polar surface area (TPSA) is 64.3 Å². The third kappa shape index (κ3) is 6.77. The summed E-state index contributed by atoms with van der Waals surface area (Å²) in [6.07, 6.45) is -2.10. The van der Waals surface area contributed by atoms with E-state index in [1.165, 1.54) is 0 Å². The monoisotopic (exact) mass is 282 g/mol. The molecule has 0 aliphatic heterocycles. The normalized spacial score (nSPS) is 19.2. The van der Waals surface area contributed by atoms with Crippen LogP contribution in [0.2, 0.25) is 0 Å². The lowest BCUT2D eigenvalue weighted by molar-refractivity contribution is -0.145. The molecule has 0 heterocycles. The van der Waals surface area contributed by atoms with Crippen LogP contribution in [0.25, 0.3) is 0 Å². The first kappa shape index (κ1) is 16.2. The lowest BCUT2D eigenvalue weighted by Gasteiger charge is -2.27. The quantitative estimate of drug-likeness (QED) is 0.633. The molecule has 0 aromatic rings. The van der Waals surface area contributed by atoms with Gasteiger partial charge in [-0.3, -0.25) is 4.79 Å². The van der Waals surface area contributed by atoms with E-state index in [9.17, 15) is 18.0 Å². The third-order valence-corrected chi connectivity index (χ3v) is 3.14. The van der Waals surface area contributed by atoms with Crippen LogP contribution in [0.5, 0.6) is 0 Å². The SMILES string of the molecule is CC(CCCOCCC(F)(F)F)(NC1CC1)C(N)=O. The minimum atomic E-state index is -4.19.